The molecule has 0 unspecified atom stereocenters. The first-order valence-electron chi connectivity index (χ1n) is 9.27. The second-order valence-electron chi connectivity index (χ2n) is 6.75. The van der Waals surface area contributed by atoms with E-state index in [1.165, 1.54) is 38.3 Å². The molecule has 1 amide bonds. The zero-order valence-electron chi connectivity index (χ0n) is 16.5. The fourth-order valence-corrected chi connectivity index (χ4v) is 3.31. The van der Waals surface area contributed by atoms with Crippen molar-refractivity contribution < 1.29 is 32.2 Å². The molecule has 1 aliphatic heterocycles. The van der Waals surface area contributed by atoms with Crippen LogP contribution in [0.5, 0.6) is 11.5 Å². The Morgan fingerprint density at radius 2 is 1.63 bits per heavy atom. The van der Waals surface area contributed by atoms with Crippen LogP contribution in [0.3, 0.4) is 0 Å². The minimum atomic E-state index is -3.04. The Balaban J connectivity index is 1.69. The normalized spacial score (nSPS) is 14.1. The van der Waals surface area contributed by atoms with E-state index in [9.17, 15) is 22.8 Å². The number of ether oxygens (including phenoxy) is 2. The third kappa shape index (κ3) is 4.67. The Morgan fingerprint density at radius 3 is 2.20 bits per heavy atom. The molecule has 0 aliphatic carbocycles. The van der Waals surface area contributed by atoms with E-state index in [4.69, 9.17) is 4.74 Å². The molecule has 2 aromatic rings. The van der Waals surface area contributed by atoms with Gasteiger partial charge in [0.1, 0.15) is 5.82 Å². The molecule has 1 saturated heterocycles. The number of Topliss-reactive ketones (excluding diaryl/α,β-unsaturated/α-hetero) is 1. The third-order valence-electron chi connectivity index (χ3n) is 4.89. The molecular formula is C21H21F3N2O4. The van der Waals surface area contributed by atoms with Gasteiger partial charge in [-0.3, -0.25) is 9.59 Å². The molecule has 0 bridgehead atoms. The Bertz CT molecular complexity index is 944. The van der Waals surface area contributed by atoms with Gasteiger partial charge in [0.25, 0.3) is 5.91 Å². The molecule has 0 radical (unpaired) electrons. The zero-order chi connectivity index (χ0) is 21.8. The van der Waals surface area contributed by atoms with Crippen LogP contribution in [0.25, 0.3) is 0 Å². The summed E-state index contributed by atoms with van der Waals surface area (Å²) in [5.74, 6) is -1.17. The number of nitrogens with zero attached hydrogens (tertiary/aromatic N) is 2. The van der Waals surface area contributed by atoms with Gasteiger partial charge in [-0.25, -0.2) is 4.39 Å². The Morgan fingerprint density at radius 1 is 0.967 bits per heavy atom. The summed E-state index contributed by atoms with van der Waals surface area (Å²) in [4.78, 5) is 27.5. The van der Waals surface area contributed by atoms with E-state index in [1.54, 1.807) is 21.9 Å². The van der Waals surface area contributed by atoms with Crippen molar-refractivity contribution in [3.63, 3.8) is 0 Å². The molecular weight excluding hydrogens is 401 g/mol. The van der Waals surface area contributed by atoms with Crippen LogP contribution >= 0.6 is 0 Å². The van der Waals surface area contributed by atoms with Gasteiger partial charge in [0.2, 0.25) is 0 Å². The highest BCUT2D eigenvalue weighted by atomic mass is 19.3. The van der Waals surface area contributed by atoms with E-state index >= 15 is 0 Å². The topological polar surface area (TPSA) is 59.1 Å². The van der Waals surface area contributed by atoms with E-state index in [0.29, 0.717) is 37.4 Å². The lowest BCUT2D eigenvalue weighted by molar-refractivity contribution is -0.0512. The lowest BCUT2D eigenvalue weighted by Crippen LogP contribution is -2.49. The highest BCUT2D eigenvalue weighted by Crippen LogP contribution is 2.30. The number of piperazine rings is 1. The highest BCUT2D eigenvalue weighted by Gasteiger charge is 2.25. The molecule has 1 heterocycles. The summed E-state index contributed by atoms with van der Waals surface area (Å²) in [6.07, 6.45) is 0. The second kappa shape index (κ2) is 9.06. The van der Waals surface area contributed by atoms with Crippen molar-refractivity contribution in [3.8, 4) is 11.5 Å². The zero-order valence-corrected chi connectivity index (χ0v) is 16.5. The van der Waals surface area contributed by atoms with Gasteiger partial charge in [0.05, 0.1) is 12.8 Å². The van der Waals surface area contributed by atoms with Crippen LogP contribution in [0.4, 0.5) is 18.9 Å². The number of amides is 1. The van der Waals surface area contributed by atoms with Crippen LogP contribution in [-0.4, -0.2) is 56.5 Å². The quantitative estimate of drug-likeness (QED) is 0.666. The molecule has 6 nitrogen and oxygen atoms in total. The number of hydrogen-bond donors (Lipinski definition) is 0. The maximum Gasteiger partial charge on any atom is 0.387 e. The lowest BCUT2D eigenvalue weighted by Gasteiger charge is -2.36. The molecule has 2 aromatic carbocycles. The van der Waals surface area contributed by atoms with Crippen LogP contribution in [0.1, 0.15) is 27.6 Å². The molecule has 160 valence electrons. The molecule has 30 heavy (non-hydrogen) atoms. The summed E-state index contributed by atoms with van der Waals surface area (Å²) in [5, 5.41) is 0. The van der Waals surface area contributed by atoms with E-state index in [1.807, 2.05) is 0 Å². The van der Waals surface area contributed by atoms with Crippen molar-refractivity contribution in [1.29, 1.82) is 0 Å². The molecule has 0 N–H and O–H groups in total. The van der Waals surface area contributed by atoms with E-state index in [2.05, 4.69) is 4.74 Å². The van der Waals surface area contributed by atoms with E-state index < -0.39 is 12.4 Å². The van der Waals surface area contributed by atoms with Crippen molar-refractivity contribution in [3.05, 3.63) is 53.3 Å². The van der Waals surface area contributed by atoms with Gasteiger partial charge in [-0.1, -0.05) is 0 Å². The summed E-state index contributed by atoms with van der Waals surface area (Å²) in [5.41, 5.74) is 0.854. The summed E-state index contributed by atoms with van der Waals surface area (Å²) in [6, 6.07) is 8.43. The van der Waals surface area contributed by atoms with Crippen molar-refractivity contribution in [2.45, 2.75) is 13.5 Å². The Hall–Kier alpha value is -3.23. The Kier molecular flexibility index (Phi) is 6.49. The molecule has 3 rings (SSSR count). The maximum absolute atomic E-state index is 14.4. The molecule has 1 fully saturated rings. The predicted molar refractivity (Wildman–Crippen MR) is 104 cm³/mol. The number of anilines is 1. The third-order valence-corrected chi connectivity index (χ3v) is 4.89. The number of rotatable bonds is 6. The van der Waals surface area contributed by atoms with Gasteiger partial charge in [-0.15, -0.1) is 0 Å². The smallest absolute Gasteiger partial charge is 0.387 e. The lowest BCUT2D eigenvalue weighted by atomic mass is 10.1. The van der Waals surface area contributed by atoms with Crippen LogP contribution < -0.4 is 14.4 Å². The number of benzene rings is 2. The largest absolute Gasteiger partial charge is 0.493 e. The average Bonchev–Trinajstić information content (AvgIpc) is 2.72. The maximum atomic E-state index is 14.4. The van der Waals surface area contributed by atoms with Gasteiger partial charge in [0, 0.05) is 37.3 Å². The average molecular weight is 422 g/mol. The van der Waals surface area contributed by atoms with Crippen molar-refractivity contribution in [2.75, 3.05) is 38.2 Å². The second-order valence-corrected chi connectivity index (χ2v) is 6.75. The summed E-state index contributed by atoms with van der Waals surface area (Å²) in [7, 11) is 1.32. The standard InChI is InChI=1S/C21H21F3N2O4/c1-13(27)14-3-5-17(16(22)11-14)25-7-9-26(10-8-25)20(28)15-4-6-18(29-2)19(12-15)30-21(23)24/h3-6,11-12,21H,7-10H2,1-2H3. The number of ketones is 1. The van der Waals surface area contributed by atoms with Crippen molar-refractivity contribution >= 4 is 17.4 Å². The first-order valence-corrected chi connectivity index (χ1v) is 9.27. The van der Waals surface area contributed by atoms with Crippen LogP contribution in [0.2, 0.25) is 0 Å². The summed E-state index contributed by atoms with van der Waals surface area (Å²) in [6.45, 7) is -0.252. The minimum absolute atomic E-state index is 0.0983. The van der Waals surface area contributed by atoms with Gasteiger partial charge in [0.15, 0.2) is 17.3 Å². The van der Waals surface area contributed by atoms with Crippen molar-refractivity contribution in [2.24, 2.45) is 0 Å². The number of carbonyl (C=O) groups is 2. The van der Waals surface area contributed by atoms with Crippen LogP contribution in [0.15, 0.2) is 36.4 Å². The van der Waals surface area contributed by atoms with Gasteiger partial charge >= 0.3 is 6.61 Å². The number of methoxy groups -OCH3 is 1. The molecule has 1 aliphatic rings. The number of alkyl halides is 2. The van der Waals surface area contributed by atoms with Crippen LogP contribution in [-0.2, 0) is 0 Å². The summed E-state index contributed by atoms with van der Waals surface area (Å²) >= 11 is 0. The van der Waals surface area contributed by atoms with Crippen molar-refractivity contribution in [1.82, 2.24) is 4.90 Å². The predicted octanol–water partition coefficient (Wildman–Crippen LogP) is 3.60. The van der Waals surface area contributed by atoms with Gasteiger partial charge in [-0.05, 0) is 43.3 Å². The molecule has 0 atom stereocenters. The van der Waals surface area contributed by atoms with Gasteiger partial charge < -0.3 is 19.3 Å². The fourth-order valence-electron chi connectivity index (χ4n) is 3.31. The fraction of sp³-hybridized carbons (Fsp3) is 0.333. The molecule has 0 spiro atoms. The number of carbonyl (C=O) groups excluding carboxylic acids is 2. The number of hydrogen-bond acceptors (Lipinski definition) is 5. The van der Waals surface area contributed by atoms with Gasteiger partial charge in [-0.2, -0.15) is 8.78 Å². The Labute approximate surface area is 171 Å². The first kappa shape index (κ1) is 21.5. The van der Waals surface area contributed by atoms with E-state index in [0.717, 1.165) is 0 Å². The minimum Gasteiger partial charge on any atom is -0.493 e. The molecule has 0 saturated carbocycles. The SMILES string of the molecule is COc1ccc(C(=O)N2CCN(c3ccc(C(C)=O)cc3F)CC2)cc1OC(F)F. The molecule has 9 heteroatoms. The first-order chi connectivity index (χ1) is 14.3. The number of halogens is 3. The summed E-state index contributed by atoms with van der Waals surface area (Å²) < 4.78 is 49.0. The highest BCUT2D eigenvalue weighted by molar-refractivity contribution is 5.95. The van der Waals surface area contributed by atoms with Crippen LogP contribution in [0, 0.1) is 5.82 Å². The monoisotopic (exact) mass is 422 g/mol. The van der Waals surface area contributed by atoms with E-state index in [-0.39, 0.29) is 28.8 Å². The molecule has 0 aromatic heterocycles.